The molecule has 0 saturated heterocycles. The number of methoxy groups -OCH3 is 2. The van der Waals surface area contributed by atoms with E-state index in [0.29, 0.717) is 0 Å². The van der Waals surface area contributed by atoms with Gasteiger partial charge in [0.2, 0.25) is 0 Å². The highest BCUT2D eigenvalue weighted by Crippen LogP contribution is 2.39. The summed E-state index contributed by atoms with van der Waals surface area (Å²) in [7, 11) is 3.26. The van der Waals surface area contributed by atoms with Crippen molar-refractivity contribution in [2.24, 2.45) is 5.92 Å². The first-order valence-corrected chi connectivity index (χ1v) is 7.04. The van der Waals surface area contributed by atoms with Crippen LogP contribution in [0.1, 0.15) is 22.8 Å². The molecule has 1 atom stereocenters. The molecule has 108 valence electrons. The van der Waals surface area contributed by atoms with Crippen LogP contribution in [-0.2, 0) is 6.42 Å². The van der Waals surface area contributed by atoms with Crippen LogP contribution in [0.25, 0.3) is 11.1 Å². The second-order valence-electron chi connectivity index (χ2n) is 5.38. The van der Waals surface area contributed by atoms with Gasteiger partial charge in [0.05, 0.1) is 14.2 Å². The van der Waals surface area contributed by atoms with Gasteiger partial charge in [0.1, 0.15) is 11.5 Å². The quantitative estimate of drug-likeness (QED) is 0.860. The molecule has 3 nitrogen and oxygen atoms in total. The van der Waals surface area contributed by atoms with E-state index in [0.717, 1.165) is 40.2 Å². The zero-order valence-electron chi connectivity index (χ0n) is 12.5. The molecule has 0 saturated carbocycles. The molecular weight excluding hydrogens is 264 g/mol. The van der Waals surface area contributed by atoms with Gasteiger partial charge in [0.25, 0.3) is 0 Å². The Balaban J connectivity index is 2.19. The zero-order valence-corrected chi connectivity index (χ0v) is 12.5. The molecule has 3 heteroatoms. The molecule has 0 heterocycles. The van der Waals surface area contributed by atoms with Crippen LogP contribution in [0.4, 0.5) is 0 Å². The molecule has 3 rings (SSSR count). The summed E-state index contributed by atoms with van der Waals surface area (Å²) in [6.45, 7) is 1.98. The minimum Gasteiger partial charge on any atom is -0.497 e. The number of fused-ring (bicyclic) bond motifs is 1. The lowest BCUT2D eigenvalue weighted by Crippen LogP contribution is -2.04. The normalized spacial score (nSPS) is 16.7. The average Bonchev–Trinajstić information content (AvgIpc) is 2.81. The van der Waals surface area contributed by atoms with Crippen molar-refractivity contribution >= 4 is 5.78 Å². The number of hydrogen-bond acceptors (Lipinski definition) is 3. The fourth-order valence-corrected chi connectivity index (χ4v) is 2.98. The Morgan fingerprint density at radius 3 is 2.57 bits per heavy atom. The average molecular weight is 282 g/mol. The highest BCUT2D eigenvalue weighted by Gasteiger charge is 2.30. The molecular formula is C18H18O3. The molecule has 1 unspecified atom stereocenters. The number of ketones is 1. The Labute approximate surface area is 124 Å². The van der Waals surface area contributed by atoms with E-state index in [2.05, 4.69) is 0 Å². The molecule has 0 bridgehead atoms. The maximum Gasteiger partial charge on any atom is 0.166 e. The van der Waals surface area contributed by atoms with Crippen LogP contribution in [0.15, 0.2) is 36.4 Å². The Hall–Kier alpha value is -2.29. The summed E-state index contributed by atoms with van der Waals surface area (Å²) in [6.07, 6.45) is 0.820. The van der Waals surface area contributed by atoms with Crippen molar-refractivity contribution in [1.29, 1.82) is 0 Å². The second-order valence-corrected chi connectivity index (χ2v) is 5.38. The Bertz CT molecular complexity index is 704. The van der Waals surface area contributed by atoms with Gasteiger partial charge in [-0.25, -0.2) is 0 Å². The van der Waals surface area contributed by atoms with Gasteiger partial charge in [0, 0.05) is 23.1 Å². The van der Waals surface area contributed by atoms with Crippen molar-refractivity contribution in [2.45, 2.75) is 13.3 Å². The molecule has 1 aliphatic carbocycles. The number of benzene rings is 2. The first kappa shape index (κ1) is 13.7. The molecule has 0 aliphatic heterocycles. The van der Waals surface area contributed by atoms with Gasteiger partial charge in [-0.3, -0.25) is 4.79 Å². The van der Waals surface area contributed by atoms with Gasteiger partial charge in [-0.05, 0) is 29.7 Å². The van der Waals surface area contributed by atoms with Gasteiger partial charge in [-0.2, -0.15) is 0 Å². The molecule has 2 aromatic rings. The third kappa shape index (κ3) is 2.19. The maximum atomic E-state index is 12.4. The topological polar surface area (TPSA) is 35.5 Å². The predicted octanol–water partition coefficient (Wildman–Crippen LogP) is 3.75. The van der Waals surface area contributed by atoms with E-state index < -0.39 is 0 Å². The molecule has 0 spiro atoms. The first-order valence-electron chi connectivity index (χ1n) is 7.04. The van der Waals surface area contributed by atoms with Gasteiger partial charge < -0.3 is 9.47 Å². The molecule has 21 heavy (non-hydrogen) atoms. The third-order valence-electron chi connectivity index (χ3n) is 4.07. The summed E-state index contributed by atoms with van der Waals surface area (Å²) in [5.74, 6) is 1.74. The smallest absolute Gasteiger partial charge is 0.166 e. The van der Waals surface area contributed by atoms with Crippen molar-refractivity contribution in [2.75, 3.05) is 14.2 Å². The lowest BCUT2D eigenvalue weighted by molar-refractivity contribution is 0.0947. The highest BCUT2D eigenvalue weighted by atomic mass is 16.5. The van der Waals surface area contributed by atoms with Crippen LogP contribution in [-0.4, -0.2) is 20.0 Å². The second kappa shape index (κ2) is 5.24. The summed E-state index contributed by atoms with van der Waals surface area (Å²) < 4.78 is 10.7. The summed E-state index contributed by atoms with van der Waals surface area (Å²) in [5, 5.41) is 0. The van der Waals surface area contributed by atoms with Crippen LogP contribution in [0.2, 0.25) is 0 Å². The number of Topliss-reactive ketones (excluding diaryl/α,β-unsaturated/α-hetero) is 1. The molecule has 0 amide bonds. The van der Waals surface area contributed by atoms with Crippen molar-refractivity contribution < 1.29 is 14.3 Å². The lowest BCUT2D eigenvalue weighted by atomic mass is 9.95. The molecule has 0 radical (unpaired) electrons. The predicted molar refractivity (Wildman–Crippen MR) is 82.2 cm³/mol. The standard InChI is InChI=1S/C18H18O3/c1-11-9-12-5-4-6-15(17(12)18(11)19)14-8-7-13(20-2)10-16(14)21-3/h4-8,10-11H,9H2,1-3H3. The fraction of sp³-hybridized carbons (Fsp3) is 0.278. The summed E-state index contributed by atoms with van der Waals surface area (Å²) in [5.41, 5.74) is 3.84. The largest absolute Gasteiger partial charge is 0.497 e. The SMILES string of the molecule is COc1ccc(-c2cccc3c2C(=O)C(C)C3)c(OC)c1. The van der Waals surface area contributed by atoms with E-state index >= 15 is 0 Å². The van der Waals surface area contributed by atoms with Gasteiger partial charge in [-0.1, -0.05) is 25.1 Å². The van der Waals surface area contributed by atoms with Crippen molar-refractivity contribution in [3.05, 3.63) is 47.5 Å². The number of hydrogen-bond donors (Lipinski definition) is 0. The summed E-state index contributed by atoms with van der Waals surface area (Å²) in [6, 6.07) is 11.7. The van der Waals surface area contributed by atoms with Crippen LogP contribution in [0.5, 0.6) is 11.5 Å². The van der Waals surface area contributed by atoms with Gasteiger partial charge in [-0.15, -0.1) is 0 Å². The van der Waals surface area contributed by atoms with Crippen molar-refractivity contribution in [1.82, 2.24) is 0 Å². The first-order chi connectivity index (χ1) is 10.2. The van der Waals surface area contributed by atoms with Crippen LogP contribution >= 0.6 is 0 Å². The molecule has 0 fully saturated rings. The number of ether oxygens (including phenoxy) is 2. The minimum atomic E-state index is 0.0605. The third-order valence-corrected chi connectivity index (χ3v) is 4.07. The number of carbonyl (C=O) groups is 1. The Morgan fingerprint density at radius 1 is 1.05 bits per heavy atom. The lowest BCUT2D eigenvalue weighted by Gasteiger charge is -2.13. The minimum absolute atomic E-state index is 0.0605. The van der Waals surface area contributed by atoms with E-state index in [1.807, 2.05) is 43.3 Å². The molecule has 0 N–H and O–H groups in total. The van der Waals surface area contributed by atoms with Crippen molar-refractivity contribution in [3.8, 4) is 22.6 Å². The highest BCUT2D eigenvalue weighted by molar-refractivity contribution is 6.08. The summed E-state index contributed by atoms with van der Waals surface area (Å²) in [4.78, 5) is 12.4. The van der Waals surface area contributed by atoms with Gasteiger partial charge >= 0.3 is 0 Å². The van der Waals surface area contributed by atoms with E-state index in [1.165, 1.54) is 0 Å². The Morgan fingerprint density at radius 2 is 1.86 bits per heavy atom. The van der Waals surface area contributed by atoms with Crippen LogP contribution < -0.4 is 9.47 Å². The van der Waals surface area contributed by atoms with Gasteiger partial charge in [0.15, 0.2) is 5.78 Å². The van der Waals surface area contributed by atoms with E-state index in [4.69, 9.17) is 9.47 Å². The number of carbonyl (C=O) groups excluding carboxylic acids is 1. The van der Waals surface area contributed by atoms with E-state index in [9.17, 15) is 4.79 Å². The monoisotopic (exact) mass is 282 g/mol. The Kier molecular flexibility index (Phi) is 3.42. The van der Waals surface area contributed by atoms with Crippen molar-refractivity contribution in [3.63, 3.8) is 0 Å². The van der Waals surface area contributed by atoms with Crippen LogP contribution in [0.3, 0.4) is 0 Å². The van der Waals surface area contributed by atoms with E-state index in [-0.39, 0.29) is 11.7 Å². The number of rotatable bonds is 3. The molecule has 0 aromatic heterocycles. The van der Waals surface area contributed by atoms with Crippen LogP contribution in [0, 0.1) is 5.92 Å². The van der Waals surface area contributed by atoms with E-state index in [1.54, 1.807) is 14.2 Å². The zero-order chi connectivity index (χ0) is 15.0. The maximum absolute atomic E-state index is 12.4. The molecule has 2 aromatic carbocycles. The fourth-order valence-electron chi connectivity index (χ4n) is 2.98. The molecule has 1 aliphatic rings. The summed E-state index contributed by atoms with van der Waals surface area (Å²) >= 11 is 0.